The van der Waals surface area contributed by atoms with E-state index < -0.39 is 5.97 Å². The van der Waals surface area contributed by atoms with Crippen molar-refractivity contribution in [1.29, 1.82) is 0 Å². The number of nitrogens with zero attached hydrogens (tertiary/aromatic N) is 1. The van der Waals surface area contributed by atoms with Crippen LogP contribution in [0.25, 0.3) is 22.0 Å². The molecule has 3 N–H and O–H groups in total. The zero-order valence-corrected chi connectivity index (χ0v) is 12.9. The van der Waals surface area contributed by atoms with Crippen LogP contribution in [0.5, 0.6) is 11.5 Å². The molecule has 2 aromatic carbocycles. The van der Waals surface area contributed by atoms with Crippen molar-refractivity contribution in [3.8, 4) is 22.6 Å². The molecule has 0 spiro atoms. The van der Waals surface area contributed by atoms with Crippen molar-refractivity contribution in [2.24, 2.45) is 0 Å². The van der Waals surface area contributed by atoms with Crippen LogP contribution in [0.15, 0.2) is 36.4 Å². The van der Waals surface area contributed by atoms with E-state index in [0.29, 0.717) is 21.2 Å². The lowest BCUT2D eigenvalue weighted by Gasteiger charge is -2.09. The number of pyridine rings is 1. The molecule has 0 fully saturated rings. The number of aromatic nitrogens is 1. The molecule has 23 heavy (non-hydrogen) atoms. The summed E-state index contributed by atoms with van der Waals surface area (Å²) in [6.45, 7) is 0. The van der Waals surface area contributed by atoms with Crippen LogP contribution in [-0.4, -0.2) is 26.3 Å². The van der Waals surface area contributed by atoms with Gasteiger partial charge in [0.25, 0.3) is 0 Å². The van der Waals surface area contributed by atoms with Gasteiger partial charge in [0, 0.05) is 11.5 Å². The Labute approximate surface area is 140 Å². The molecule has 0 atom stereocenters. The van der Waals surface area contributed by atoms with Crippen molar-refractivity contribution in [2.45, 2.75) is 0 Å². The highest BCUT2D eigenvalue weighted by Crippen LogP contribution is 2.37. The Morgan fingerprint density at radius 1 is 0.913 bits per heavy atom. The number of benzene rings is 2. The Kier molecular flexibility index (Phi) is 3.75. The summed E-state index contributed by atoms with van der Waals surface area (Å²) < 4.78 is 0. The van der Waals surface area contributed by atoms with Crippen LogP contribution in [0, 0.1) is 0 Å². The molecule has 3 rings (SSSR count). The Bertz CT molecular complexity index is 956. The van der Waals surface area contributed by atoms with Gasteiger partial charge < -0.3 is 15.3 Å². The number of halogens is 2. The van der Waals surface area contributed by atoms with Gasteiger partial charge in [-0.15, -0.1) is 0 Å². The predicted octanol–water partition coefficient (Wildman–Crippen LogP) is 4.32. The zero-order chi connectivity index (χ0) is 16.7. The van der Waals surface area contributed by atoms with Gasteiger partial charge >= 0.3 is 5.97 Å². The van der Waals surface area contributed by atoms with Gasteiger partial charge in [0.05, 0.1) is 10.0 Å². The average molecular weight is 350 g/mol. The minimum atomic E-state index is -1.30. The quantitative estimate of drug-likeness (QED) is 0.640. The molecule has 0 aliphatic rings. The zero-order valence-electron chi connectivity index (χ0n) is 11.4. The molecule has 0 saturated heterocycles. The Morgan fingerprint density at radius 2 is 1.65 bits per heavy atom. The maximum absolute atomic E-state index is 11.0. The minimum absolute atomic E-state index is 0.00575. The van der Waals surface area contributed by atoms with E-state index in [4.69, 9.17) is 28.3 Å². The number of hydrogen-bond donors (Lipinski definition) is 3. The molecule has 7 heteroatoms. The number of fused-ring (bicyclic) bond motifs is 1. The molecule has 116 valence electrons. The van der Waals surface area contributed by atoms with E-state index in [0.717, 1.165) is 6.07 Å². The number of carbonyl (C=O) groups is 1. The molecule has 0 amide bonds. The number of phenolic OH excluding ortho intramolecular Hbond substituents is 1. The van der Waals surface area contributed by atoms with Crippen LogP contribution in [0.1, 0.15) is 10.5 Å². The first-order valence-electron chi connectivity index (χ1n) is 6.42. The first kappa shape index (κ1) is 15.4. The highest BCUT2D eigenvalue weighted by Gasteiger charge is 2.15. The Hall–Kier alpha value is -2.50. The van der Waals surface area contributed by atoms with E-state index in [1.807, 2.05) is 0 Å². The molecule has 1 aromatic heterocycles. The predicted molar refractivity (Wildman–Crippen MR) is 87.5 cm³/mol. The van der Waals surface area contributed by atoms with Gasteiger partial charge in [0.15, 0.2) is 5.69 Å². The molecule has 3 aromatic rings. The fraction of sp³-hybridized carbons (Fsp3) is 0. The number of carboxylic acid groups (broad SMARTS) is 1. The minimum Gasteiger partial charge on any atom is -0.507 e. The average Bonchev–Trinajstić information content (AvgIpc) is 2.50. The van der Waals surface area contributed by atoms with Gasteiger partial charge in [-0.3, -0.25) is 0 Å². The Balaban J connectivity index is 2.25. The SMILES string of the molecule is O=C(O)c1cc(O)c2cc(-c3ccc(Cl)c(Cl)c3)cc(O)c2n1. The summed E-state index contributed by atoms with van der Waals surface area (Å²) in [6, 6.07) is 8.99. The van der Waals surface area contributed by atoms with E-state index >= 15 is 0 Å². The van der Waals surface area contributed by atoms with Crippen molar-refractivity contribution in [2.75, 3.05) is 0 Å². The van der Waals surface area contributed by atoms with Crippen molar-refractivity contribution in [3.63, 3.8) is 0 Å². The van der Waals surface area contributed by atoms with Crippen LogP contribution < -0.4 is 0 Å². The summed E-state index contributed by atoms with van der Waals surface area (Å²) in [5.74, 6) is -1.83. The molecular formula is C16H9Cl2NO4. The number of carboxylic acids is 1. The maximum Gasteiger partial charge on any atom is 0.354 e. The molecule has 0 unspecified atom stereocenters. The smallest absolute Gasteiger partial charge is 0.354 e. The Morgan fingerprint density at radius 3 is 2.30 bits per heavy atom. The molecule has 1 heterocycles. The normalized spacial score (nSPS) is 10.9. The van der Waals surface area contributed by atoms with Gasteiger partial charge in [0.1, 0.15) is 17.0 Å². The van der Waals surface area contributed by atoms with Crippen LogP contribution in [0.2, 0.25) is 10.0 Å². The van der Waals surface area contributed by atoms with E-state index in [9.17, 15) is 15.0 Å². The van der Waals surface area contributed by atoms with Gasteiger partial charge in [-0.05, 0) is 35.4 Å². The van der Waals surface area contributed by atoms with Crippen molar-refractivity contribution >= 4 is 40.1 Å². The molecule has 0 aliphatic carbocycles. The fourth-order valence-electron chi connectivity index (χ4n) is 2.24. The van der Waals surface area contributed by atoms with E-state index in [1.54, 1.807) is 24.3 Å². The highest BCUT2D eigenvalue weighted by atomic mass is 35.5. The van der Waals surface area contributed by atoms with Crippen molar-refractivity contribution in [3.05, 3.63) is 52.1 Å². The number of hydrogen-bond acceptors (Lipinski definition) is 4. The lowest BCUT2D eigenvalue weighted by Crippen LogP contribution is -2.00. The van der Waals surface area contributed by atoms with E-state index in [2.05, 4.69) is 4.98 Å². The standard InChI is InChI=1S/C16H9Cl2NO4/c17-10-2-1-7(4-11(10)18)8-3-9-13(20)6-12(16(22)23)19-15(9)14(21)5-8/h1-6,21H,(H,19,20)(H,22,23). The van der Waals surface area contributed by atoms with Gasteiger partial charge in [0.2, 0.25) is 0 Å². The summed E-state index contributed by atoms with van der Waals surface area (Å²) in [6.07, 6.45) is 0. The third-order valence-corrected chi connectivity index (χ3v) is 4.08. The lowest BCUT2D eigenvalue weighted by molar-refractivity contribution is 0.0690. The molecule has 0 bridgehead atoms. The van der Waals surface area contributed by atoms with Crippen LogP contribution in [0.3, 0.4) is 0 Å². The molecular weight excluding hydrogens is 341 g/mol. The summed E-state index contributed by atoms with van der Waals surface area (Å²) in [5.41, 5.74) is 0.908. The van der Waals surface area contributed by atoms with Gasteiger partial charge in [-0.2, -0.15) is 0 Å². The topological polar surface area (TPSA) is 90.7 Å². The van der Waals surface area contributed by atoms with Crippen molar-refractivity contribution < 1.29 is 20.1 Å². The van der Waals surface area contributed by atoms with Crippen molar-refractivity contribution in [1.82, 2.24) is 4.98 Å². The number of aromatic carboxylic acids is 1. The van der Waals surface area contributed by atoms with Gasteiger partial charge in [-0.25, -0.2) is 9.78 Å². The van der Waals surface area contributed by atoms with E-state index in [1.165, 1.54) is 6.07 Å². The molecule has 0 saturated carbocycles. The molecule has 5 nitrogen and oxygen atoms in total. The molecule has 0 aliphatic heterocycles. The summed E-state index contributed by atoms with van der Waals surface area (Å²) in [4.78, 5) is 14.8. The number of phenols is 1. The second-order valence-corrected chi connectivity index (χ2v) is 5.67. The van der Waals surface area contributed by atoms with Crippen LogP contribution >= 0.6 is 23.2 Å². The maximum atomic E-state index is 11.0. The van der Waals surface area contributed by atoms with Gasteiger partial charge in [-0.1, -0.05) is 29.3 Å². The van der Waals surface area contributed by atoms with Crippen LogP contribution in [0.4, 0.5) is 0 Å². The lowest BCUT2D eigenvalue weighted by atomic mass is 10.0. The second-order valence-electron chi connectivity index (χ2n) is 4.85. The summed E-state index contributed by atoms with van der Waals surface area (Å²) in [5, 5.41) is 30.1. The number of rotatable bonds is 2. The highest BCUT2D eigenvalue weighted by molar-refractivity contribution is 6.42. The fourth-order valence-corrected chi connectivity index (χ4v) is 2.54. The second kappa shape index (κ2) is 5.61. The summed E-state index contributed by atoms with van der Waals surface area (Å²) >= 11 is 11.9. The third-order valence-electron chi connectivity index (χ3n) is 3.34. The third kappa shape index (κ3) is 2.76. The first-order chi connectivity index (χ1) is 10.9. The molecule has 0 radical (unpaired) electrons. The number of aromatic hydroxyl groups is 2. The van der Waals surface area contributed by atoms with E-state index in [-0.39, 0.29) is 28.1 Å². The first-order valence-corrected chi connectivity index (χ1v) is 7.18. The largest absolute Gasteiger partial charge is 0.507 e. The monoisotopic (exact) mass is 349 g/mol. The summed E-state index contributed by atoms with van der Waals surface area (Å²) in [7, 11) is 0. The van der Waals surface area contributed by atoms with Crippen LogP contribution in [-0.2, 0) is 0 Å².